The summed E-state index contributed by atoms with van der Waals surface area (Å²) in [5.41, 5.74) is 5.11. The van der Waals surface area contributed by atoms with E-state index in [0.29, 0.717) is 11.7 Å². The molecule has 0 heterocycles. The van der Waals surface area contributed by atoms with Gasteiger partial charge in [0.15, 0.2) is 0 Å². The van der Waals surface area contributed by atoms with Gasteiger partial charge in [0.1, 0.15) is 5.75 Å². The molecule has 33 heavy (non-hydrogen) atoms. The number of hydrogen-bond donors (Lipinski definition) is 1. The molecule has 3 aromatic rings. The second-order valence-electron chi connectivity index (χ2n) is 8.43. The van der Waals surface area contributed by atoms with Gasteiger partial charge in [-0.3, -0.25) is 4.99 Å². The van der Waals surface area contributed by atoms with Crippen molar-refractivity contribution in [2.24, 2.45) is 4.99 Å². The minimum atomic E-state index is -0.556. The molecule has 0 aromatic heterocycles. The van der Waals surface area contributed by atoms with Crippen LogP contribution >= 0.6 is 18.6 Å². The van der Waals surface area contributed by atoms with Gasteiger partial charge < -0.3 is 5.11 Å². The second-order valence-corrected chi connectivity index (χ2v) is 11.0. The van der Waals surface area contributed by atoms with E-state index in [1.165, 1.54) is 44.1 Å². The number of phenolic OH excluding ortho intramolecular Hbond substituents is 1. The molecule has 0 unspecified atom stereocenters. The van der Waals surface area contributed by atoms with Gasteiger partial charge in [0.05, 0.1) is 5.69 Å². The standard InChI is InChI=1S/C28H31NO.2ClH.Ti/c30-28-25(21-29-26-17-11-6-12-18-26)19-24(22-13-9-5-10-14-22)20-27(28)23-15-7-3-1-2-4-8-16-23;;;/h5-6,9-14,17-21,23,30H,1-4,7-8,15-16H2;2*1H;/q;;;+2/p-2. The Morgan fingerprint density at radius 2 is 1.30 bits per heavy atom. The van der Waals surface area contributed by atoms with Crippen molar-refractivity contribution in [2.75, 3.05) is 0 Å². The average Bonchev–Trinajstić information content (AvgIpc) is 2.99. The van der Waals surface area contributed by atoms with Crippen LogP contribution in [-0.4, -0.2) is 11.3 Å². The number of aliphatic imine (C=N–C) groups is 1. The third kappa shape index (κ3) is 8.30. The molecule has 0 bridgehead atoms. The van der Waals surface area contributed by atoms with Crippen molar-refractivity contribution in [3.05, 3.63) is 83.9 Å². The number of nitrogens with zero attached hydrogens (tertiary/aromatic N) is 1. The molecule has 1 aliphatic rings. The molecule has 0 aliphatic heterocycles. The SMILES string of the molecule is Oc1c(C=Nc2ccccc2)cc(-c2ccccc2)cc1C1CCCCCCCC1.[Cl][Ti][Cl]. The number of para-hydroxylation sites is 1. The van der Waals surface area contributed by atoms with Crippen LogP contribution in [0.2, 0.25) is 0 Å². The summed E-state index contributed by atoms with van der Waals surface area (Å²) in [5.74, 6) is 0.814. The summed E-state index contributed by atoms with van der Waals surface area (Å²) in [7, 11) is 9.78. The summed E-state index contributed by atoms with van der Waals surface area (Å²) >= 11 is -0.556. The van der Waals surface area contributed by atoms with E-state index in [-0.39, 0.29) is 0 Å². The summed E-state index contributed by atoms with van der Waals surface area (Å²) in [4.78, 5) is 4.62. The van der Waals surface area contributed by atoms with Gasteiger partial charge >= 0.3 is 35.6 Å². The first kappa shape index (κ1) is 26.0. The summed E-state index contributed by atoms with van der Waals surface area (Å²) in [6.45, 7) is 0. The van der Waals surface area contributed by atoms with Gasteiger partial charge in [-0.15, -0.1) is 0 Å². The number of halogens is 2. The zero-order valence-electron chi connectivity index (χ0n) is 18.9. The summed E-state index contributed by atoms with van der Waals surface area (Å²) in [5, 5.41) is 11.2. The van der Waals surface area contributed by atoms with Crippen LogP contribution in [0.3, 0.4) is 0 Å². The molecule has 1 N–H and O–H groups in total. The molecule has 4 rings (SSSR count). The van der Waals surface area contributed by atoms with E-state index in [2.05, 4.69) is 41.4 Å². The third-order valence-corrected chi connectivity index (χ3v) is 6.18. The number of hydrogen-bond acceptors (Lipinski definition) is 2. The molecule has 2 nitrogen and oxygen atoms in total. The minimum absolute atomic E-state index is 0.401. The molecule has 0 atom stereocenters. The molecular formula is C28H31Cl2NOTi. The molecule has 1 aliphatic carbocycles. The molecule has 1 fully saturated rings. The first-order chi connectivity index (χ1) is 16.2. The molecule has 5 heteroatoms. The Kier molecular flexibility index (Phi) is 11.5. The number of aromatic hydroxyl groups is 1. The summed E-state index contributed by atoms with van der Waals surface area (Å²) in [6.07, 6.45) is 11.9. The van der Waals surface area contributed by atoms with Crippen LogP contribution in [0.4, 0.5) is 5.69 Å². The van der Waals surface area contributed by atoms with E-state index in [1.807, 2.05) is 42.6 Å². The van der Waals surface area contributed by atoms with Crippen molar-refractivity contribution >= 4 is 30.5 Å². The normalized spacial score (nSPS) is 15.1. The molecule has 0 amide bonds. The van der Waals surface area contributed by atoms with Crippen molar-refractivity contribution in [1.29, 1.82) is 0 Å². The molecule has 172 valence electrons. The number of phenols is 1. The Bertz CT molecular complexity index is 986. The van der Waals surface area contributed by atoms with Gasteiger partial charge in [-0.1, -0.05) is 87.1 Å². The quantitative estimate of drug-likeness (QED) is 0.272. The van der Waals surface area contributed by atoms with E-state index in [0.717, 1.165) is 35.2 Å². The Balaban J connectivity index is 0.000000968. The van der Waals surface area contributed by atoms with Crippen molar-refractivity contribution in [2.45, 2.75) is 57.3 Å². The van der Waals surface area contributed by atoms with Gasteiger partial charge in [0, 0.05) is 11.8 Å². The van der Waals surface area contributed by atoms with Crippen LogP contribution in [0, 0.1) is 0 Å². The fourth-order valence-electron chi connectivity index (χ4n) is 4.49. The molecular weight excluding hydrogens is 485 g/mol. The van der Waals surface area contributed by atoms with Crippen molar-refractivity contribution in [3.8, 4) is 16.9 Å². The van der Waals surface area contributed by atoms with Crippen LogP contribution in [-0.2, 0) is 17.0 Å². The molecule has 0 saturated heterocycles. The number of rotatable bonds is 4. The predicted molar refractivity (Wildman–Crippen MR) is 139 cm³/mol. The molecule has 1 saturated carbocycles. The van der Waals surface area contributed by atoms with E-state index in [4.69, 9.17) is 18.6 Å². The fourth-order valence-corrected chi connectivity index (χ4v) is 4.49. The average molecular weight is 516 g/mol. The monoisotopic (exact) mass is 515 g/mol. The fraction of sp³-hybridized carbons (Fsp3) is 0.321. The predicted octanol–water partition coefficient (Wildman–Crippen LogP) is 9.40. The molecule has 0 radical (unpaired) electrons. The maximum absolute atomic E-state index is 11.2. The Hall–Kier alpha value is -1.58. The van der Waals surface area contributed by atoms with E-state index in [9.17, 15) is 5.11 Å². The van der Waals surface area contributed by atoms with Crippen molar-refractivity contribution < 1.29 is 22.1 Å². The third-order valence-electron chi connectivity index (χ3n) is 6.18. The van der Waals surface area contributed by atoms with E-state index in [1.54, 1.807) is 0 Å². The van der Waals surface area contributed by atoms with Gasteiger partial charge in [0.2, 0.25) is 0 Å². The van der Waals surface area contributed by atoms with Gasteiger partial charge in [-0.05, 0) is 59.7 Å². The zero-order valence-corrected chi connectivity index (χ0v) is 22.0. The summed E-state index contributed by atoms with van der Waals surface area (Å²) in [6, 6.07) is 24.6. The Morgan fingerprint density at radius 3 is 1.91 bits per heavy atom. The van der Waals surface area contributed by atoms with Crippen LogP contribution in [0.1, 0.15) is 68.4 Å². The van der Waals surface area contributed by atoms with Crippen molar-refractivity contribution in [1.82, 2.24) is 0 Å². The van der Waals surface area contributed by atoms with Gasteiger partial charge in [-0.25, -0.2) is 0 Å². The maximum atomic E-state index is 11.2. The van der Waals surface area contributed by atoms with Crippen LogP contribution in [0.15, 0.2) is 77.8 Å². The van der Waals surface area contributed by atoms with Crippen LogP contribution in [0.5, 0.6) is 5.75 Å². The van der Waals surface area contributed by atoms with Crippen molar-refractivity contribution in [3.63, 3.8) is 0 Å². The first-order valence-electron chi connectivity index (χ1n) is 11.7. The number of benzene rings is 3. The second kappa shape index (κ2) is 14.6. The first-order valence-corrected chi connectivity index (χ1v) is 16.0. The van der Waals surface area contributed by atoms with E-state index < -0.39 is 17.0 Å². The van der Waals surface area contributed by atoms with E-state index >= 15 is 0 Å². The van der Waals surface area contributed by atoms with Crippen LogP contribution in [0.25, 0.3) is 11.1 Å². The topological polar surface area (TPSA) is 32.6 Å². The molecule has 0 spiro atoms. The summed E-state index contributed by atoms with van der Waals surface area (Å²) < 4.78 is 0. The van der Waals surface area contributed by atoms with Crippen LogP contribution < -0.4 is 0 Å². The van der Waals surface area contributed by atoms with Gasteiger partial charge in [0.25, 0.3) is 0 Å². The zero-order chi connectivity index (χ0) is 23.3. The Labute approximate surface area is 214 Å². The Morgan fingerprint density at radius 1 is 0.758 bits per heavy atom. The molecule has 3 aromatic carbocycles. The van der Waals surface area contributed by atoms with Gasteiger partial charge in [-0.2, -0.15) is 0 Å².